The smallest absolute Gasteiger partial charge is 0.248 e. The molecule has 2 amide bonds. The summed E-state index contributed by atoms with van der Waals surface area (Å²) < 4.78 is 41.2. The average molecular weight is 488 g/mol. The molecule has 2 unspecified atom stereocenters. The molecule has 3 rings (SSSR count). The van der Waals surface area contributed by atoms with Gasteiger partial charge < -0.3 is 16.1 Å². The molecule has 2 aromatic carbocycles. The lowest BCUT2D eigenvalue weighted by Gasteiger charge is -2.28. The molecule has 0 aromatic heterocycles. The third-order valence-corrected chi connectivity index (χ3v) is 5.84. The van der Waals surface area contributed by atoms with Crippen molar-refractivity contribution in [3.8, 4) is 11.1 Å². The van der Waals surface area contributed by atoms with Crippen molar-refractivity contribution in [2.75, 3.05) is 6.54 Å². The van der Waals surface area contributed by atoms with E-state index in [1.165, 1.54) is 24.6 Å². The molecule has 3 N–H and O–H groups in total. The van der Waals surface area contributed by atoms with Crippen LogP contribution in [-0.4, -0.2) is 47.8 Å². The van der Waals surface area contributed by atoms with E-state index in [1.807, 2.05) is 13.8 Å². The van der Waals surface area contributed by atoms with E-state index in [0.717, 1.165) is 0 Å². The molecule has 0 radical (unpaired) electrons. The first-order valence-electron chi connectivity index (χ1n) is 11.3. The number of nitrogens with one attached hydrogen (secondary N) is 1. The number of rotatable bonds is 8. The van der Waals surface area contributed by atoms with Crippen LogP contribution in [0.15, 0.2) is 46.5 Å². The molecule has 1 saturated heterocycles. The van der Waals surface area contributed by atoms with E-state index in [2.05, 4.69) is 15.4 Å². The molecule has 1 aliphatic heterocycles. The zero-order valence-corrected chi connectivity index (χ0v) is 19.5. The summed E-state index contributed by atoms with van der Waals surface area (Å²) in [6.45, 7) is 4.38. The fourth-order valence-electron chi connectivity index (χ4n) is 4.08. The van der Waals surface area contributed by atoms with Crippen LogP contribution < -0.4 is 11.2 Å². The Morgan fingerprint density at radius 1 is 1.14 bits per heavy atom. The van der Waals surface area contributed by atoms with Crippen LogP contribution in [0.4, 0.5) is 13.2 Å². The minimum atomic E-state index is -0.992. The van der Waals surface area contributed by atoms with Crippen molar-refractivity contribution >= 4 is 24.2 Å². The van der Waals surface area contributed by atoms with Crippen molar-refractivity contribution in [2.24, 2.45) is 21.9 Å². The molecule has 1 aliphatic rings. The fourth-order valence-corrected chi connectivity index (χ4v) is 4.08. The minimum absolute atomic E-state index is 0.0801. The van der Waals surface area contributed by atoms with Gasteiger partial charge >= 0.3 is 0 Å². The second kappa shape index (κ2) is 11.6. The summed E-state index contributed by atoms with van der Waals surface area (Å²) in [4.78, 5) is 31.8. The van der Waals surface area contributed by atoms with E-state index in [4.69, 9.17) is 5.84 Å². The maximum absolute atomic E-state index is 14.0. The average Bonchev–Trinajstić information content (AvgIpc) is 3.30. The first kappa shape index (κ1) is 25.9. The quantitative estimate of drug-likeness (QED) is 0.339. The van der Waals surface area contributed by atoms with Gasteiger partial charge in [0.05, 0.1) is 11.8 Å². The molecule has 186 valence electrons. The van der Waals surface area contributed by atoms with Crippen molar-refractivity contribution in [3.63, 3.8) is 0 Å². The van der Waals surface area contributed by atoms with Crippen molar-refractivity contribution in [2.45, 2.75) is 45.3 Å². The van der Waals surface area contributed by atoms with Crippen LogP contribution in [0, 0.1) is 23.4 Å². The highest BCUT2D eigenvalue weighted by Gasteiger charge is 2.37. The van der Waals surface area contributed by atoms with Gasteiger partial charge in [0.25, 0.3) is 0 Å². The van der Waals surface area contributed by atoms with E-state index in [0.29, 0.717) is 37.1 Å². The van der Waals surface area contributed by atoms with Crippen LogP contribution in [0.2, 0.25) is 0 Å². The molecule has 0 bridgehead atoms. The molecule has 0 saturated carbocycles. The Kier molecular flexibility index (Phi) is 8.62. The molecule has 0 spiro atoms. The van der Waals surface area contributed by atoms with Gasteiger partial charge in [0.1, 0.15) is 29.5 Å². The largest absolute Gasteiger partial charge is 0.350 e. The van der Waals surface area contributed by atoms with Crippen LogP contribution in [0.1, 0.15) is 32.3 Å². The maximum atomic E-state index is 14.0. The number of nitrogens with two attached hydrogens (primary N) is 1. The molecule has 7 nitrogen and oxygen atoms in total. The Bertz CT molecular complexity index is 1100. The fraction of sp³-hybridized carbons (Fsp3) is 0.360. The van der Waals surface area contributed by atoms with Gasteiger partial charge in [-0.05, 0) is 29.9 Å². The molecule has 1 fully saturated rings. The van der Waals surface area contributed by atoms with Gasteiger partial charge in [-0.1, -0.05) is 38.1 Å². The minimum Gasteiger partial charge on any atom is -0.350 e. The third kappa shape index (κ3) is 6.26. The summed E-state index contributed by atoms with van der Waals surface area (Å²) >= 11 is 0. The number of carbonyl (C=O) groups excluding carboxylic acids is 2. The second-order valence-electron chi connectivity index (χ2n) is 8.63. The number of halogens is 3. The number of hydrogen-bond donors (Lipinski definition) is 2. The van der Waals surface area contributed by atoms with Gasteiger partial charge in [-0.2, -0.15) is 5.10 Å². The van der Waals surface area contributed by atoms with E-state index in [-0.39, 0.29) is 35.4 Å². The molecule has 2 aromatic rings. The van der Waals surface area contributed by atoms with Gasteiger partial charge in [0.15, 0.2) is 0 Å². The number of amides is 2. The summed E-state index contributed by atoms with van der Waals surface area (Å²) in [5, 5.41) is 6.17. The number of hydrogen-bond acceptors (Lipinski definition) is 5. The van der Waals surface area contributed by atoms with Gasteiger partial charge in [-0.25, -0.2) is 13.2 Å². The summed E-state index contributed by atoms with van der Waals surface area (Å²) in [6, 6.07) is 6.25. The zero-order valence-electron chi connectivity index (χ0n) is 19.5. The molecular weight excluding hydrogens is 459 g/mol. The molecule has 10 heteroatoms. The van der Waals surface area contributed by atoms with Crippen LogP contribution in [0.5, 0.6) is 0 Å². The maximum Gasteiger partial charge on any atom is 0.248 e. The number of hydrazone groups is 1. The lowest BCUT2D eigenvalue weighted by molar-refractivity contribution is -0.140. The highest BCUT2D eigenvalue weighted by molar-refractivity contribution is 6.16. The van der Waals surface area contributed by atoms with Crippen molar-refractivity contribution in [1.29, 1.82) is 0 Å². The third-order valence-electron chi connectivity index (χ3n) is 5.84. The molecule has 1 heterocycles. The Balaban J connectivity index is 1.65. The van der Waals surface area contributed by atoms with Gasteiger partial charge in [0.2, 0.25) is 11.8 Å². The predicted octanol–water partition coefficient (Wildman–Crippen LogP) is 3.42. The van der Waals surface area contributed by atoms with Crippen molar-refractivity contribution in [1.82, 2.24) is 10.2 Å². The van der Waals surface area contributed by atoms with E-state index >= 15 is 0 Å². The highest BCUT2D eigenvalue weighted by atomic mass is 19.1. The molecule has 2 atom stereocenters. The Morgan fingerprint density at radius 2 is 1.80 bits per heavy atom. The first-order valence-corrected chi connectivity index (χ1v) is 11.3. The lowest BCUT2D eigenvalue weighted by atomic mass is 10.0. The van der Waals surface area contributed by atoms with Crippen LogP contribution in [0.25, 0.3) is 11.1 Å². The second-order valence-corrected chi connectivity index (χ2v) is 8.63. The molecule has 35 heavy (non-hydrogen) atoms. The van der Waals surface area contributed by atoms with Gasteiger partial charge in [-0.15, -0.1) is 0 Å². The Morgan fingerprint density at radius 3 is 2.40 bits per heavy atom. The number of benzene rings is 2. The number of nitrogens with zero attached hydrogens (tertiary/aromatic N) is 3. The van der Waals surface area contributed by atoms with Crippen molar-refractivity contribution < 1.29 is 22.8 Å². The highest BCUT2D eigenvalue weighted by Crippen LogP contribution is 2.27. The predicted molar refractivity (Wildman–Crippen MR) is 128 cm³/mol. The van der Waals surface area contributed by atoms with Crippen LogP contribution in [0.3, 0.4) is 0 Å². The van der Waals surface area contributed by atoms with E-state index in [1.54, 1.807) is 17.0 Å². The SMILES string of the molecule is CC(C)C(N=C/C=N\N)C(=O)N1CCCC1C(=O)NCc1ccc(-c2c(F)cc(F)cc2F)cc1. The number of carbonyl (C=O) groups is 2. The summed E-state index contributed by atoms with van der Waals surface area (Å²) in [7, 11) is 0. The topological polar surface area (TPSA) is 100 Å². The van der Waals surface area contributed by atoms with E-state index < -0.39 is 29.5 Å². The van der Waals surface area contributed by atoms with Crippen LogP contribution in [-0.2, 0) is 16.1 Å². The summed E-state index contributed by atoms with van der Waals surface area (Å²) in [6.07, 6.45) is 3.91. The normalized spacial score (nSPS) is 17.0. The zero-order chi connectivity index (χ0) is 25.5. The van der Waals surface area contributed by atoms with Crippen molar-refractivity contribution in [3.05, 3.63) is 59.4 Å². The van der Waals surface area contributed by atoms with E-state index in [9.17, 15) is 22.8 Å². The number of likely N-dealkylation sites (tertiary alicyclic amines) is 1. The van der Waals surface area contributed by atoms with Crippen LogP contribution >= 0.6 is 0 Å². The van der Waals surface area contributed by atoms with Gasteiger partial charge in [-0.3, -0.25) is 14.6 Å². The lowest BCUT2D eigenvalue weighted by Crippen LogP contribution is -2.49. The Hall–Kier alpha value is -3.69. The first-order chi connectivity index (χ1) is 16.7. The monoisotopic (exact) mass is 487 g/mol. The van der Waals surface area contributed by atoms with Gasteiger partial charge in [0, 0.05) is 31.4 Å². The molecule has 0 aliphatic carbocycles. The summed E-state index contributed by atoms with van der Waals surface area (Å²) in [5.41, 5.74) is 0.636. The number of aliphatic imine (C=N–C) groups is 1. The summed E-state index contributed by atoms with van der Waals surface area (Å²) in [5.74, 6) is 1.50. The molecular formula is C25H28F3N5O2. The Labute approximate surface area is 201 Å². The standard InChI is InChI=1S/C25H28F3N5O2/c1-15(2)23(30-9-10-32-29)25(35)33-11-3-4-21(33)24(34)31-14-16-5-7-17(8-6-16)22-19(27)12-18(26)13-20(22)28/h5-10,12-13,15,21,23H,3-4,11,14,29H2,1-2H3,(H,31,34)/b30-9?,32-10-.